The molecule has 0 aromatic carbocycles. The zero-order valence-corrected chi connectivity index (χ0v) is 20.0. The Morgan fingerprint density at radius 2 is 1.78 bits per heavy atom. The van der Waals surface area contributed by atoms with E-state index < -0.39 is 0 Å². The average Bonchev–Trinajstić information content (AvgIpc) is 3.34. The maximum Gasteiger partial charge on any atom is 0.199 e. The Morgan fingerprint density at radius 3 is 2.62 bits per heavy atom. The zero-order valence-electron chi connectivity index (χ0n) is 20.0. The molecule has 5 nitrogen and oxygen atoms in total. The lowest BCUT2D eigenvalue weighted by atomic mass is 9.44. The summed E-state index contributed by atoms with van der Waals surface area (Å²) in [6.07, 6.45) is 17.2. The first-order valence-electron chi connectivity index (χ1n) is 13.1. The molecule has 4 aliphatic rings. The molecule has 4 fully saturated rings. The molecule has 2 heterocycles. The summed E-state index contributed by atoms with van der Waals surface area (Å²) in [6.45, 7) is 7.93. The molecule has 0 amide bonds. The average molecular weight is 435 g/mol. The number of carbonyl (C=O) groups is 1. The third-order valence-corrected chi connectivity index (χ3v) is 10.8. The van der Waals surface area contributed by atoms with E-state index in [-0.39, 0.29) is 11.3 Å². The van der Waals surface area contributed by atoms with Gasteiger partial charge in [0, 0.05) is 18.3 Å². The number of hydrogen-bond donors (Lipinski definition) is 0. The summed E-state index contributed by atoms with van der Waals surface area (Å²) in [4.78, 5) is 22.1. The monoisotopic (exact) mass is 434 g/mol. The summed E-state index contributed by atoms with van der Waals surface area (Å²) in [6, 6.07) is 0. The van der Waals surface area contributed by atoms with E-state index in [1.54, 1.807) is 17.1 Å². The maximum absolute atomic E-state index is 13.5. The molecule has 32 heavy (non-hydrogen) atoms. The van der Waals surface area contributed by atoms with E-state index in [0.717, 1.165) is 41.5 Å². The molecule has 8 atom stereocenters. The highest BCUT2D eigenvalue weighted by Crippen LogP contribution is 2.67. The number of rotatable bonds is 3. The Kier molecular flexibility index (Phi) is 4.79. The van der Waals surface area contributed by atoms with Crippen LogP contribution >= 0.6 is 0 Å². The molecule has 172 valence electrons. The van der Waals surface area contributed by atoms with E-state index in [2.05, 4.69) is 35.8 Å². The standard InChI is InChI=1S/C27H38N4O/c1-17-8-10-26(2)18(14-17)4-5-19-20-6-7-22(27(20,3)11-9-21(19)26)24(32)16-31-15-23-25(30-31)29-13-12-28-23/h12-13,15,17-22H,4-11,14,16H2,1-3H3/t17?,18?,19?,20?,21?,22-,26?,27?/m1/s1. The summed E-state index contributed by atoms with van der Waals surface area (Å²) in [5.41, 5.74) is 2.12. The quantitative estimate of drug-likeness (QED) is 0.622. The van der Waals surface area contributed by atoms with Crippen molar-refractivity contribution in [1.29, 1.82) is 0 Å². The molecule has 0 spiro atoms. The lowest BCUT2D eigenvalue weighted by Gasteiger charge is -2.61. The number of ketones is 1. The van der Waals surface area contributed by atoms with Gasteiger partial charge in [-0.1, -0.05) is 27.2 Å². The van der Waals surface area contributed by atoms with Gasteiger partial charge in [0.2, 0.25) is 0 Å². The minimum atomic E-state index is 0.173. The van der Waals surface area contributed by atoms with Gasteiger partial charge < -0.3 is 0 Å². The first-order valence-corrected chi connectivity index (χ1v) is 13.1. The molecule has 5 heteroatoms. The molecular weight excluding hydrogens is 396 g/mol. The third-order valence-electron chi connectivity index (χ3n) is 10.8. The largest absolute Gasteiger partial charge is 0.297 e. The SMILES string of the molecule is CC1CCC2(C)C(CCC3C2CCC2(C)C3CC[C@@H]2C(=O)Cn2cc3nccnc3n2)C1. The summed E-state index contributed by atoms with van der Waals surface area (Å²) >= 11 is 0. The summed E-state index contributed by atoms with van der Waals surface area (Å²) < 4.78 is 1.77. The van der Waals surface area contributed by atoms with Gasteiger partial charge in [0.05, 0.1) is 12.7 Å². The van der Waals surface area contributed by atoms with Gasteiger partial charge in [0.1, 0.15) is 5.52 Å². The van der Waals surface area contributed by atoms with E-state index in [1.165, 1.54) is 51.4 Å². The van der Waals surface area contributed by atoms with Gasteiger partial charge in [0.25, 0.3) is 0 Å². The highest BCUT2D eigenvalue weighted by atomic mass is 16.1. The van der Waals surface area contributed by atoms with Gasteiger partial charge >= 0.3 is 0 Å². The van der Waals surface area contributed by atoms with Crippen LogP contribution in [0.1, 0.15) is 78.6 Å². The molecule has 0 bridgehead atoms. The van der Waals surface area contributed by atoms with Gasteiger partial charge in [-0.2, -0.15) is 5.10 Å². The van der Waals surface area contributed by atoms with Crippen molar-refractivity contribution in [3.63, 3.8) is 0 Å². The predicted molar refractivity (Wildman–Crippen MR) is 125 cm³/mol. The van der Waals surface area contributed by atoms with Gasteiger partial charge in [-0.3, -0.25) is 9.48 Å². The molecule has 0 saturated heterocycles. The molecule has 0 N–H and O–H groups in total. The van der Waals surface area contributed by atoms with Gasteiger partial charge in [0.15, 0.2) is 11.4 Å². The second-order valence-electron chi connectivity index (χ2n) is 12.3. The molecule has 7 unspecified atom stereocenters. The molecule has 6 rings (SSSR count). The van der Waals surface area contributed by atoms with E-state index in [1.807, 2.05) is 6.20 Å². The Balaban J connectivity index is 1.21. The fraction of sp³-hybridized carbons (Fsp3) is 0.778. The van der Waals surface area contributed by atoms with Crippen molar-refractivity contribution in [1.82, 2.24) is 19.7 Å². The molecule has 0 aliphatic heterocycles. The smallest absolute Gasteiger partial charge is 0.199 e. The fourth-order valence-corrected chi connectivity index (χ4v) is 9.15. The van der Waals surface area contributed by atoms with E-state index >= 15 is 0 Å². The van der Waals surface area contributed by atoms with Crippen molar-refractivity contribution >= 4 is 16.9 Å². The normalized spacial score (nSPS) is 43.5. The van der Waals surface area contributed by atoms with Crippen LogP contribution < -0.4 is 0 Å². The van der Waals surface area contributed by atoms with Crippen LogP contribution in [0.3, 0.4) is 0 Å². The van der Waals surface area contributed by atoms with Crippen molar-refractivity contribution in [3.8, 4) is 0 Å². The Hall–Kier alpha value is -1.78. The minimum Gasteiger partial charge on any atom is -0.297 e. The summed E-state index contributed by atoms with van der Waals surface area (Å²) in [7, 11) is 0. The highest BCUT2D eigenvalue weighted by Gasteiger charge is 2.60. The molecular formula is C27H38N4O. The van der Waals surface area contributed by atoms with Crippen LogP contribution in [0, 0.1) is 46.3 Å². The van der Waals surface area contributed by atoms with Crippen molar-refractivity contribution in [2.24, 2.45) is 46.3 Å². The molecule has 2 aromatic heterocycles. The van der Waals surface area contributed by atoms with Gasteiger partial charge in [-0.25, -0.2) is 9.97 Å². The van der Waals surface area contributed by atoms with Crippen molar-refractivity contribution < 1.29 is 4.79 Å². The van der Waals surface area contributed by atoms with E-state index in [4.69, 9.17) is 0 Å². The van der Waals surface area contributed by atoms with Crippen LogP contribution in [0.2, 0.25) is 0 Å². The number of carbonyl (C=O) groups excluding carboxylic acids is 1. The molecule has 0 radical (unpaired) electrons. The van der Waals surface area contributed by atoms with Crippen LogP contribution in [-0.4, -0.2) is 25.5 Å². The highest BCUT2D eigenvalue weighted by molar-refractivity contribution is 5.82. The first-order chi connectivity index (χ1) is 15.4. The van der Waals surface area contributed by atoms with Crippen LogP contribution in [0.15, 0.2) is 18.6 Å². The number of nitrogens with zero attached hydrogens (tertiary/aromatic N) is 4. The van der Waals surface area contributed by atoms with Crippen molar-refractivity contribution in [2.45, 2.75) is 85.1 Å². The summed E-state index contributed by atoms with van der Waals surface area (Å²) in [5, 5.41) is 4.50. The van der Waals surface area contributed by atoms with Gasteiger partial charge in [-0.15, -0.1) is 0 Å². The number of fused-ring (bicyclic) bond motifs is 6. The van der Waals surface area contributed by atoms with Crippen LogP contribution in [0.5, 0.6) is 0 Å². The Labute approximate surface area is 191 Å². The van der Waals surface area contributed by atoms with Gasteiger partial charge in [-0.05, 0) is 91.8 Å². The summed E-state index contributed by atoms with van der Waals surface area (Å²) in [5.74, 6) is 4.85. The van der Waals surface area contributed by atoms with Crippen molar-refractivity contribution in [2.75, 3.05) is 0 Å². The van der Waals surface area contributed by atoms with Crippen molar-refractivity contribution in [3.05, 3.63) is 18.6 Å². The first kappa shape index (κ1) is 20.8. The zero-order chi connectivity index (χ0) is 22.1. The molecule has 2 aromatic rings. The Morgan fingerprint density at radius 1 is 1.00 bits per heavy atom. The topological polar surface area (TPSA) is 60.7 Å². The maximum atomic E-state index is 13.5. The molecule has 4 saturated carbocycles. The lowest BCUT2D eigenvalue weighted by molar-refractivity contribution is -0.137. The Bertz CT molecular complexity index is 999. The minimum absolute atomic E-state index is 0.173. The number of hydrogen-bond acceptors (Lipinski definition) is 4. The third kappa shape index (κ3) is 3.02. The number of aromatic nitrogens is 4. The number of Topliss-reactive ketones (excluding diaryl/α,β-unsaturated/α-hetero) is 1. The predicted octanol–water partition coefficient (Wildman–Crippen LogP) is 5.69. The van der Waals surface area contributed by atoms with Crippen LogP contribution in [-0.2, 0) is 11.3 Å². The van der Waals surface area contributed by atoms with Crippen LogP contribution in [0.4, 0.5) is 0 Å². The van der Waals surface area contributed by atoms with E-state index in [0.29, 0.717) is 23.4 Å². The second kappa shape index (κ2) is 7.36. The van der Waals surface area contributed by atoms with Crippen LogP contribution in [0.25, 0.3) is 11.2 Å². The molecule has 4 aliphatic carbocycles. The second-order valence-corrected chi connectivity index (χ2v) is 12.3. The fourth-order valence-electron chi connectivity index (χ4n) is 9.15. The van der Waals surface area contributed by atoms with E-state index in [9.17, 15) is 4.79 Å². The lowest BCUT2D eigenvalue weighted by Crippen LogP contribution is -2.53.